The minimum absolute atomic E-state index is 0.344. The van der Waals surface area contributed by atoms with Crippen LogP contribution in [0.5, 0.6) is 0 Å². The van der Waals surface area contributed by atoms with E-state index >= 15 is 0 Å². The lowest BCUT2D eigenvalue weighted by Crippen LogP contribution is -2.47. The minimum Gasteiger partial charge on any atom is -0.384 e. The van der Waals surface area contributed by atoms with Gasteiger partial charge in [0.25, 0.3) is 0 Å². The van der Waals surface area contributed by atoms with Gasteiger partial charge in [0.2, 0.25) is 5.91 Å². The molecule has 0 spiro atoms. The van der Waals surface area contributed by atoms with Crippen molar-refractivity contribution >= 4 is 17.2 Å². The average molecular weight is 240 g/mol. The van der Waals surface area contributed by atoms with Crippen LogP contribution in [-0.2, 0) is 11.3 Å². The normalized spacial score (nSPS) is 17.3. The van der Waals surface area contributed by atoms with E-state index < -0.39 is 0 Å². The van der Waals surface area contributed by atoms with Crippen molar-refractivity contribution in [2.24, 2.45) is 11.7 Å². The van der Waals surface area contributed by atoms with Gasteiger partial charge in [0.05, 0.1) is 12.2 Å². The van der Waals surface area contributed by atoms with Gasteiger partial charge in [-0.25, -0.2) is 0 Å². The highest BCUT2D eigenvalue weighted by Gasteiger charge is 2.26. The van der Waals surface area contributed by atoms with Crippen LogP contribution in [0.25, 0.3) is 0 Å². The van der Waals surface area contributed by atoms with Crippen LogP contribution in [0.4, 0.5) is 0 Å². The lowest BCUT2D eigenvalue weighted by atomic mass is 10.0. The summed E-state index contributed by atoms with van der Waals surface area (Å²) in [5.41, 5.74) is 5.82. The molecule has 2 heterocycles. The van der Waals surface area contributed by atoms with Crippen molar-refractivity contribution in [3.8, 4) is 0 Å². The fraction of sp³-hybridized carbons (Fsp3) is 0.545. The first-order valence-electron chi connectivity index (χ1n) is 5.27. The third kappa shape index (κ3) is 2.61. The van der Waals surface area contributed by atoms with E-state index in [4.69, 9.17) is 10.5 Å². The molecule has 2 rings (SSSR count). The molecule has 1 saturated heterocycles. The average Bonchev–Trinajstić information content (AvgIpc) is 2.63. The quantitative estimate of drug-likeness (QED) is 0.833. The number of nitrogens with zero attached hydrogens (tertiary/aromatic N) is 1. The first-order chi connectivity index (χ1) is 7.69. The van der Waals surface area contributed by atoms with E-state index in [1.54, 1.807) is 18.4 Å². The summed E-state index contributed by atoms with van der Waals surface area (Å²) in [6.45, 7) is 3.92. The third-order valence-electron chi connectivity index (χ3n) is 2.75. The van der Waals surface area contributed by atoms with Crippen molar-refractivity contribution in [3.05, 3.63) is 21.9 Å². The fourth-order valence-corrected chi connectivity index (χ4v) is 2.87. The molecule has 1 aliphatic rings. The topological polar surface area (TPSA) is 55.6 Å². The monoisotopic (exact) mass is 240 g/mol. The Labute approximate surface area is 99.0 Å². The number of ether oxygens (including phenoxy) is 1. The number of nitrogens with two attached hydrogens (primary N) is 1. The second-order valence-corrected chi connectivity index (χ2v) is 5.18. The van der Waals surface area contributed by atoms with E-state index in [-0.39, 0.29) is 5.91 Å². The van der Waals surface area contributed by atoms with Gasteiger partial charge in [0.1, 0.15) is 0 Å². The van der Waals surface area contributed by atoms with E-state index in [2.05, 4.69) is 4.90 Å². The smallest absolute Gasteiger partial charge is 0.249 e. The molecule has 0 atom stereocenters. The molecular weight excluding hydrogens is 224 g/mol. The molecule has 1 aromatic heterocycles. The molecule has 0 radical (unpaired) electrons. The molecule has 1 amide bonds. The van der Waals surface area contributed by atoms with Crippen LogP contribution in [0, 0.1) is 5.92 Å². The molecule has 4 nitrogen and oxygen atoms in total. The summed E-state index contributed by atoms with van der Waals surface area (Å²) in [6.07, 6.45) is 0. The molecular formula is C11H16N2O2S. The van der Waals surface area contributed by atoms with Gasteiger partial charge in [-0.05, 0) is 6.07 Å². The van der Waals surface area contributed by atoms with Crippen molar-refractivity contribution in [3.63, 3.8) is 0 Å². The van der Waals surface area contributed by atoms with Crippen molar-refractivity contribution in [1.82, 2.24) is 4.90 Å². The Morgan fingerprint density at radius 1 is 1.69 bits per heavy atom. The summed E-state index contributed by atoms with van der Waals surface area (Å²) in [4.78, 5) is 14.5. The van der Waals surface area contributed by atoms with Crippen LogP contribution in [0.15, 0.2) is 11.4 Å². The summed E-state index contributed by atoms with van der Waals surface area (Å²) in [5, 5.41) is 1.82. The van der Waals surface area contributed by atoms with Crippen LogP contribution in [0.1, 0.15) is 15.2 Å². The summed E-state index contributed by atoms with van der Waals surface area (Å²) in [7, 11) is 1.74. The Morgan fingerprint density at radius 2 is 2.44 bits per heavy atom. The number of likely N-dealkylation sites (tertiary alicyclic amines) is 1. The van der Waals surface area contributed by atoms with Gasteiger partial charge in [-0.15, -0.1) is 11.3 Å². The number of thiophene rings is 1. The van der Waals surface area contributed by atoms with Crippen molar-refractivity contribution in [2.45, 2.75) is 6.54 Å². The number of hydrogen-bond donors (Lipinski definition) is 1. The minimum atomic E-state index is -0.344. The molecule has 2 N–H and O–H groups in total. The predicted octanol–water partition coefficient (Wildman–Crippen LogP) is 0.925. The number of carbonyl (C=O) groups is 1. The Morgan fingerprint density at radius 3 is 3.00 bits per heavy atom. The van der Waals surface area contributed by atoms with Gasteiger partial charge in [0, 0.05) is 42.9 Å². The highest BCUT2D eigenvalue weighted by atomic mass is 32.1. The maximum atomic E-state index is 10.9. The Hall–Kier alpha value is -0.910. The van der Waals surface area contributed by atoms with Crippen molar-refractivity contribution in [1.29, 1.82) is 0 Å². The summed E-state index contributed by atoms with van der Waals surface area (Å²) < 4.78 is 5.09. The Balaban J connectivity index is 1.80. The van der Waals surface area contributed by atoms with Gasteiger partial charge in [-0.2, -0.15) is 0 Å². The largest absolute Gasteiger partial charge is 0.384 e. The van der Waals surface area contributed by atoms with Crippen LogP contribution in [0.3, 0.4) is 0 Å². The first-order valence-corrected chi connectivity index (χ1v) is 6.15. The van der Waals surface area contributed by atoms with Gasteiger partial charge in [-0.3, -0.25) is 9.69 Å². The molecule has 1 aliphatic heterocycles. The number of amides is 1. The Kier molecular flexibility index (Phi) is 3.58. The van der Waals surface area contributed by atoms with Crippen LogP contribution < -0.4 is 5.73 Å². The SMILES string of the molecule is COCC1CN(Cc2cc(C(N)=O)cs2)C1. The van der Waals surface area contributed by atoms with Gasteiger partial charge >= 0.3 is 0 Å². The number of primary amides is 1. The fourth-order valence-electron chi connectivity index (χ4n) is 1.96. The molecule has 88 valence electrons. The summed E-state index contributed by atoms with van der Waals surface area (Å²) >= 11 is 1.60. The Bertz CT molecular complexity index is 372. The van der Waals surface area contributed by atoms with Gasteiger partial charge < -0.3 is 10.5 Å². The zero-order valence-corrected chi connectivity index (χ0v) is 10.1. The highest BCUT2D eigenvalue weighted by Crippen LogP contribution is 2.22. The predicted molar refractivity (Wildman–Crippen MR) is 63.5 cm³/mol. The number of methoxy groups -OCH3 is 1. The zero-order chi connectivity index (χ0) is 11.5. The van der Waals surface area contributed by atoms with Crippen LogP contribution >= 0.6 is 11.3 Å². The molecule has 0 aliphatic carbocycles. The van der Waals surface area contributed by atoms with Crippen molar-refractivity contribution < 1.29 is 9.53 Å². The second-order valence-electron chi connectivity index (χ2n) is 4.18. The van der Waals surface area contributed by atoms with E-state index in [1.165, 1.54) is 4.88 Å². The molecule has 0 saturated carbocycles. The lowest BCUT2D eigenvalue weighted by molar-refractivity contribution is 0.0299. The maximum absolute atomic E-state index is 10.9. The lowest BCUT2D eigenvalue weighted by Gasteiger charge is -2.38. The van der Waals surface area contributed by atoms with E-state index in [0.717, 1.165) is 26.2 Å². The maximum Gasteiger partial charge on any atom is 0.249 e. The third-order valence-corrected chi connectivity index (χ3v) is 3.67. The highest BCUT2D eigenvalue weighted by molar-refractivity contribution is 7.10. The molecule has 1 aromatic rings. The molecule has 1 fully saturated rings. The second kappa shape index (κ2) is 4.95. The number of carbonyl (C=O) groups excluding carboxylic acids is 1. The molecule has 0 bridgehead atoms. The van der Waals surface area contributed by atoms with Crippen LogP contribution in [0.2, 0.25) is 0 Å². The van der Waals surface area contributed by atoms with E-state index in [0.29, 0.717) is 11.5 Å². The molecule has 0 unspecified atom stereocenters. The summed E-state index contributed by atoms with van der Waals surface area (Å²) in [6, 6.07) is 1.89. The number of hydrogen-bond acceptors (Lipinski definition) is 4. The van der Waals surface area contributed by atoms with Gasteiger partial charge in [0.15, 0.2) is 0 Å². The standard InChI is InChI=1S/C11H16N2O2S/c1-15-6-8-3-13(4-8)5-10-2-9(7-16-10)11(12)14/h2,7-8H,3-6H2,1H3,(H2,12,14). The van der Waals surface area contributed by atoms with Crippen LogP contribution in [-0.4, -0.2) is 37.6 Å². The summed E-state index contributed by atoms with van der Waals surface area (Å²) in [5.74, 6) is 0.323. The van der Waals surface area contributed by atoms with E-state index in [1.807, 2.05) is 11.4 Å². The zero-order valence-electron chi connectivity index (χ0n) is 9.31. The van der Waals surface area contributed by atoms with E-state index in [9.17, 15) is 4.79 Å². The van der Waals surface area contributed by atoms with Crippen molar-refractivity contribution in [2.75, 3.05) is 26.8 Å². The molecule has 0 aromatic carbocycles. The first kappa shape index (κ1) is 11.6. The van der Waals surface area contributed by atoms with Gasteiger partial charge in [-0.1, -0.05) is 0 Å². The molecule has 16 heavy (non-hydrogen) atoms. The number of rotatable bonds is 5. The molecule has 5 heteroatoms.